The van der Waals surface area contributed by atoms with Crippen LogP contribution in [0.25, 0.3) is 0 Å². The molecular formula is C14H24N4O2S. The molecule has 2 rings (SSSR count). The van der Waals surface area contributed by atoms with E-state index in [0.717, 1.165) is 13.1 Å². The fourth-order valence-electron chi connectivity index (χ4n) is 2.47. The van der Waals surface area contributed by atoms with Gasteiger partial charge in [-0.1, -0.05) is 6.42 Å². The van der Waals surface area contributed by atoms with Crippen LogP contribution in [0.2, 0.25) is 0 Å². The van der Waals surface area contributed by atoms with Crippen molar-refractivity contribution in [2.75, 3.05) is 39.5 Å². The number of pyridine rings is 1. The number of piperidine rings is 1. The zero-order chi connectivity index (χ0) is 15.5. The summed E-state index contributed by atoms with van der Waals surface area (Å²) >= 11 is 0. The van der Waals surface area contributed by atoms with Crippen LogP contribution in [0.3, 0.4) is 0 Å². The Balaban J connectivity index is 1.97. The van der Waals surface area contributed by atoms with Crippen LogP contribution in [0.5, 0.6) is 0 Å². The van der Waals surface area contributed by atoms with E-state index in [0.29, 0.717) is 11.9 Å². The maximum absolute atomic E-state index is 12.0. The number of hydrogen-bond acceptors (Lipinski definition) is 5. The van der Waals surface area contributed by atoms with E-state index < -0.39 is 10.0 Å². The maximum atomic E-state index is 12.0. The van der Waals surface area contributed by atoms with Crippen molar-refractivity contribution in [3.8, 4) is 0 Å². The maximum Gasteiger partial charge on any atom is 0.244 e. The van der Waals surface area contributed by atoms with Gasteiger partial charge in [0.25, 0.3) is 0 Å². The van der Waals surface area contributed by atoms with E-state index in [-0.39, 0.29) is 4.90 Å². The molecule has 1 fully saturated rings. The van der Waals surface area contributed by atoms with Crippen LogP contribution in [-0.2, 0) is 10.0 Å². The van der Waals surface area contributed by atoms with Crippen molar-refractivity contribution in [3.05, 3.63) is 18.3 Å². The first-order chi connectivity index (χ1) is 9.91. The summed E-state index contributed by atoms with van der Waals surface area (Å²) in [5.74, 6) is 0.715. The Morgan fingerprint density at radius 2 is 2.14 bits per heavy atom. The molecule has 1 aromatic rings. The molecule has 1 aliphatic heterocycles. The average Bonchev–Trinajstić information content (AvgIpc) is 2.46. The molecule has 7 heteroatoms. The lowest BCUT2D eigenvalue weighted by Gasteiger charge is -2.32. The first kappa shape index (κ1) is 16.2. The van der Waals surface area contributed by atoms with Gasteiger partial charge in [0.05, 0.1) is 0 Å². The molecule has 0 spiro atoms. The van der Waals surface area contributed by atoms with E-state index in [1.807, 2.05) is 0 Å². The molecule has 0 radical (unpaired) electrons. The minimum absolute atomic E-state index is 0.216. The number of sulfonamides is 1. The van der Waals surface area contributed by atoms with Gasteiger partial charge in [0.1, 0.15) is 10.7 Å². The first-order valence-corrected chi connectivity index (χ1v) is 8.68. The summed E-state index contributed by atoms with van der Waals surface area (Å²) in [6, 6.07) is 3.83. The van der Waals surface area contributed by atoms with E-state index in [9.17, 15) is 8.42 Å². The quantitative estimate of drug-likeness (QED) is 0.886. The fourth-order valence-corrected chi connectivity index (χ4v) is 3.32. The Labute approximate surface area is 127 Å². The lowest BCUT2D eigenvalue weighted by molar-refractivity contribution is 0.194. The Hall–Kier alpha value is -1.18. The summed E-state index contributed by atoms with van der Waals surface area (Å²) in [6.45, 7) is 1.98. The molecule has 0 saturated carbocycles. The third-order valence-corrected chi connectivity index (χ3v) is 5.75. The number of anilines is 1. The van der Waals surface area contributed by atoms with Gasteiger partial charge in [0, 0.05) is 32.9 Å². The van der Waals surface area contributed by atoms with Gasteiger partial charge < -0.3 is 10.2 Å². The van der Waals surface area contributed by atoms with Crippen LogP contribution in [0.4, 0.5) is 5.82 Å². The second-order valence-corrected chi connectivity index (χ2v) is 7.83. The van der Waals surface area contributed by atoms with Gasteiger partial charge in [0.15, 0.2) is 0 Å². The standard InChI is InChI=1S/C14H24N4O2S/c1-17(2)21(19,20)13-7-8-14(16-11-13)15-10-12-6-4-5-9-18(12)3/h7-8,11-12H,4-6,9-10H2,1-3H3,(H,15,16). The molecule has 1 aliphatic rings. The molecule has 6 nitrogen and oxygen atoms in total. The molecule has 21 heavy (non-hydrogen) atoms. The smallest absolute Gasteiger partial charge is 0.244 e. The van der Waals surface area contributed by atoms with Crippen molar-refractivity contribution in [1.29, 1.82) is 0 Å². The fraction of sp³-hybridized carbons (Fsp3) is 0.643. The van der Waals surface area contributed by atoms with E-state index >= 15 is 0 Å². The Morgan fingerprint density at radius 3 is 2.71 bits per heavy atom. The van der Waals surface area contributed by atoms with Gasteiger partial charge in [-0.15, -0.1) is 0 Å². The van der Waals surface area contributed by atoms with Gasteiger partial charge >= 0.3 is 0 Å². The van der Waals surface area contributed by atoms with Gasteiger partial charge in [-0.05, 0) is 38.6 Å². The van der Waals surface area contributed by atoms with Crippen LogP contribution >= 0.6 is 0 Å². The first-order valence-electron chi connectivity index (χ1n) is 7.24. The number of aromatic nitrogens is 1. The van der Waals surface area contributed by atoms with Crippen molar-refractivity contribution in [1.82, 2.24) is 14.2 Å². The molecule has 1 unspecified atom stereocenters. The summed E-state index contributed by atoms with van der Waals surface area (Å²) in [4.78, 5) is 6.78. The summed E-state index contributed by atoms with van der Waals surface area (Å²) < 4.78 is 25.1. The highest BCUT2D eigenvalue weighted by molar-refractivity contribution is 7.89. The molecule has 118 valence electrons. The predicted molar refractivity (Wildman–Crippen MR) is 83.9 cm³/mol. The zero-order valence-corrected chi connectivity index (χ0v) is 13.7. The van der Waals surface area contributed by atoms with E-state index in [4.69, 9.17) is 0 Å². The molecular weight excluding hydrogens is 288 g/mol. The molecule has 0 bridgehead atoms. The average molecular weight is 312 g/mol. The molecule has 2 heterocycles. The number of likely N-dealkylation sites (N-methyl/N-ethyl adjacent to an activating group) is 1. The second kappa shape index (κ2) is 6.72. The predicted octanol–water partition coefficient (Wildman–Crippen LogP) is 1.23. The summed E-state index contributed by atoms with van der Waals surface area (Å²) in [5.41, 5.74) is 0. The number of rotatable bonds is 5. The number of likely N-dealkylation sites (tertiary alicyclic amines) is 1. The molecule has 0 aromatic carbocycles. The Morgan fingerprint density at radius 1 is 1.38 bits per heavy atom. The van der Waals surface area contributed by atoms with Gasteiger partial charge in [-0.25, -0.2) is 17.7 Å². The van der Waals surface area contributed by atoms with Crippen molar-refractivity contribution in [2.45, 2.75) is 30.2 Å². The van der Waals surface area contributed by atoms with Gasteiger partial charge in [0.2, 0.25) is 10.0 Å². The second-order valence-electron chi connectivity index (χ2n) is 5.68. The molecule has 1 saturated heterocycles. The van der Waals surface area contributed by atoms with E-state index in [1.165, 1.54) is 43.9 Å². The van der Waals surface area contributed by atoms with E-state index in [2.05, 4.69) is 22.2 Å². The molecule has 1 atom stereocenters. The van der Waals surface area contributed by atoms with Crippen LogP contribution in [0.15, 0.2) is 23.2 Å². The molecule has 1 aromatic heterocycles. The monoisotopic (exact) mass is 312 g/mol. The molecule has 1 N–H and O–H groups in total. The van der Waals surface area contributed by atoms with Crippen molar-refractivity contribution in [3.63, 3.8) is 0 Å². The molecule has 0 aliphatic carbocycles. The highest BCUT2D eigenvalue weighted by Crippen LogP contribution is 2.17. The lowest BCUT2D eigenvalue weighted by Crippen LogP contribution is -2.40. The van der Waals surface area contributed by atoms with Crippen molar-refractivity contribution < 1.29 is 8.42 Å². The zero-order valence-electron chi connectivity index (χ0n) is 12.9. The van der Waals surface area contributed by atoms with Gasteiger partial charge in [-0.2, -0.15) is 0 Å². The largest absolute Gasteiger partial charge is 0.369 e. The summed E-state index contributed by atoms with van der Waals surface area (Å²) in [5, 5.41) is 3.29. The summed E-state index contributed by atoms with van der Waals surface area (Å²) in [7, 11) is 1.77. The van der Waals surface area contributed by atoms with Crippen molar-refractivity contribution >= 4 is 15.8 Å². The van der Waals surface area contributed by atoms with E-state index in [1.54, 1.807) is 12.1 Å². The van der Waals surface area contributed by atoms with Crippen molar-refractivity contribution in [2.24, 2.45) is 0 Å². The topological polar surface area (TPSA) is 65.5 Å². The minimum atomic E-state index is -3.40. The highest BCUT2D eigenvalue weighted by atomic mass is 32.2. The number of nitrogens with zero attached hydrogens (tertiary/aromatic N) is 3. The number of nitrogens with one attached hydrogen (secondary N) is 1. The van der Waals surface area contributed by atoms with Crippen LogP contribution in [-0.4, -0.2) is 62.9 Å². The van der Waals surface area contributed by atoms with Crippen LogP contribution in [0, 0.1) is 0 Å². The third-order valence-electron chi connectivity index (χ3n) is 3.96. The Kier molecular flexibility index (Phi) is 5.18. The number of hydrogen-bond donors (Lipinski definition) is 1. The highest BCUT2D eigenvalue weighted by Gasteiger charge is 2.19. The third kappa shape index (κ3) is 3.93. The van der Waals surface area contributed by atoms with Crippen LogP contribution in [0.1, 0.15) is 19.3 Å². The summed E-state index contributed by atoms with van der Waals surface area (Å²) in [6.07, 6.45) is 5.13. The lowest BCUT2D eigenvalue weighted by atomic mass is 10.0. The molecule has 0 amide bonds. The van der Waals surface area contributed by atoms with Gasteiger partial charge in [-0.3, -0.25) is 0 Å². The minimum Gasteiger partial charge on any atom is -0.369 e. The van der Waals surface area contributed by atoms with Crippen LogP contribution < -0.4 is 5.32 Å². The normalized spacial score (nSPS) is 20.7. The Bertz CT molecular complexity index is 557. The SMILES string of the molecule is CN1CCCCC1CNc1ccc(S(=O)(=O)N(C)C)cn1.